The minimum Gasteiger partial charge on any atom is -0.353 e. The van der Waals surface area contributed by atoms with Gasteiger partial charge in [0.2, 0.25) is 0 Å². The Kier molecular flexibility index (Phi) is 3.36. The van der Waals surface area contributed by atoms with Crippen LogP contribution in [0.2, 0.25) is 0 Å². The summed E-state index contributed by atoms with van der Waals surface area (Å²) < 4.78 is 0.429. The quantitative estimate of drug-likeness (QED) is 0.502. The van der Waals surface area contributed by atoms with Gasteiger partial charge in [-0.2, -0.15) is 5.26 Å². The van der Waals surface area contributed by atoms with Crippen LogP contribution in [0.25, 0.3) is 0 Å². The molecule has 0 aromatic heterocycles. The van der Waals surface area contributed by atoms with Crippen LogP contribution in [0.5, 0.6) is 0 Å². The Morgan fingerprint density at radius 3 is 2.42 bits per heavy atom. The van der Waals surface area contributed by atoms with E-state index in [0.717, 1.165) is 25.7 Å². The Labute approximate surface area is 83.7 Å². The molecule has 1 saturated carbocycles. The summed E-state index contributed by atoms with van der Waals surface area (Å²) in [6, 6.07) is 2.30. The van der Waals surface area contributed by atoms with E-state index in [4.69, 9.17) is 17.5 Å². The van der Waals surface area contributed by atoms with E-state index in [0.29, 0.717) is 4.32 Å². The molecule has 4 heteroatoms. The van der Waals surface area contributed by atoms with Gasteiger partial charge in [-0.15, -0.1) is 12.6 Å². The number of thiocarbonyl (C=S) groups is 1. The molecule has 0 aliphatic heterocycles. The van der Waals surface area contributed by atoms with Crippen LogP contribution in [0, 0.1) is 11.3 Å². The maximum absolute atomic E-state index is 8.98. The van der Waals surface area contributed by atoms with E-state index in [2.05, 4.69) is 24.0 Å². The van der Waals surface area contributed by atoms with Crippen molar-refractivity contribution in [3.63, 3.8) is 0 Å². The summed E-state index contributed by atoms with van der Waals surface area (Å²) >= 11 is 8.80. The first-order valence-corrected chi connectivity index (χ1v) is 4.96. The number of nitrogens with one attached hydrogen (secondary N) is 1. The van der Waals surface area contributed by atoms with Crippen molar-refractivity contribution in [1.82, 2.24) is 5.32 Å². The van der Waals surface area contributed by atoms with Crippen LogP contribution >= 0.6 is 24.8 Å². The maximum Gasteiger partial charge on any atom is 0.131 e. The standard InChI is InChI=1S/C8H12N2S2/c9-6-8(10-7(11)12)4-2-1-3-5-8/h1-5H2,(H2,10,11,12). The molecule has 0 radical (unpaired) electrons. The molecule has 0 saturated heterocycles. The summed E-state index contributed by atoms with van der Waals surface area (Å²) in [6.07, 6.45) is 5.23. The molecule has 0 atom stereocenters. The van der Waals surface area contributed by atoms with Gasteiger partial charge in [0.05, 0.1) is 6.07 Å². The molecule has 1 rings (SSSR count). The molecular weight excluding hydrogens is 188 g/mol. The maximum atomic E-state index is 8.98. The highest BCUT2D eigenvalue weighted by molar-refractivity contribution is 8.11. The van der Waals surface area contributed by atoms with Crippen molar-refractivity contribution >= 4 is 29.2 Å². The van der Waals surface area contributed by atoms with Crippen molar-refractivity contribution in [1.29, 1.82) is 5.26 Å². The Morgan fingerprint density at radius 2 is 2.00 bits per heavy atom. The molecule has 0 unspecified atom stereocenters. The third-order valence-corrected chi connectivity index (χ3v) is 2.48. The minimum absolute atomic E-state index is 0.420. The van der Waals surface area contributed by atoms with Crippen molar-refractivity contribution in [2.24, 2.45) is 0 Å². The summed E-state index contributed by atoms with van der Waals surface area (Å²) in [4.78, 5) is 0. The fourth-order valence-electron chi connectivity index (χ4n) is 1.62. The number of hydrogen-bond acceptors (Lipinski definition) is 2. The van der Waals surface area contributed by atoms with Gasteiger partial charge in [-0.1, -0.05) is 31.5 Å². The molecule has 0 heterocycles. The lowest BCUT2D eigenvalue weighted by Crippen LogP contribution is -2.46. The van der Waals surface area contributed by atoms with Crippen LogP contribution < -0.4 is 5.32 Å². The van der Waals surface area contributed by atoms with Gasteiger partial charge in [0.25, 0.3) is 0 Å². The van der Waals surface area contributed by atoms with Gasteiger partial charge in [0.15, 0.2) is 0 Å². The molecule has 2 nitrogen and oxygen atoms in total. The predicted molar refractivity (Wildman–Crippen MR) is 56.1 cm³/mol. The third-order valence-electron chi connectivity index (χ3n) is 2.27. The lowest BCUT2D eigenvalue weighted by atomic mass is 9.83. The fourth-order valence-corrected chi connectivity index (χ4v) is 2.03. The van der Waals surface area contributed by atoms with Crippen LogP contribution in [-0.4, -0.2) is 9.86 Å². The zero-order chi connectivity index (χ0) is 9.03. The summed E-state index contributed by atoms with van der Waals surface area (Å²) in [5, 5.41) is 12.0. The summed E-state index contributed by atoms with van der Waals surface area (Å²) in [5.74, 6) is 0. The number of hydrogen-bond donors (Lipinski definition) is 2. The molecule has 0 bridgehead atoms. The van der Waals surface area contributed by atoms with E-state index in [1.54, 1.807) is 0 Å². The van der Waals surface area contributed by atoms with Gasteiger partial charge in [-0.05, 0) is 12.8 Å². The number of nitriles is 1. The van der Waals surface area contributed by atoms with E-state index in [9.17, 15) is 0 Å². The second kappa shape index (κ2) is 4.11. The average molecular weight is 200 g/mol. The molecule has 0 aromatic carbocycles. The molecule has 12 heavy (non-hydrogen) atoms. The summed E-state index contributed by atoms with van der Waals surface area (Å²) in [7, 11) is 0. The fraction of sp³-hybridized carbons (Fsp3) is 0.750. The second-order valence-corrected chi connectivity index (χ2v) is 4.34. The van der Waals surface area contributed by atoms with Crippen molar-refractivity contribution < 1.29 is 0 Å². The van der Waals surface area contributed by atoms with E-state index < -0.39 is 5.54 Å². The number of thiol groups is 1. The third kappa shape index (κ3) is 2.36. The highest BCUT2D eigenvalue weighted by Crippen LogP contribution is 2.27. The Balaban J connectivity index is 2.61. The largest absolute Gasteiger partial charge is 0.353 e. The minimum atomic E-state index is -0.420. The van der Waals surface area contributed by atoms with E-state index in [-0.39, 0.29) is 0 Å². The van der Waals surface area contributed by atoms with Crippen LogP contribution in [0.3, 0.4) is 0 Å². The summed E-state index contributed by atoms with van der Waals surface area (Å²) in [6.45, 7) is 0. The molecule has 1 N–H and O–H groups in total. The van der Waals surface area contributed by atoms with Gasteiger partial charge in [-0.3, -0.25) is 0 Å². The second-order valence-electron chi connectivity index (χ2n) is 3.18. The molecule has 1 aliphatic carbocycles. The van der Waals surface area contributed by atoms with E-state index in [1.165, 1.54) is 6.42 Å². The molecular formula is C8H12N2S2. The lowest BCUT2D eigenvalue weighted by molar-refractivity contribution is 0.339. The monoisotopic (exact) mass is 200 g/mol. The Bertz CT molecular complexity index is 214. The average Bonchev–Trinajstić information content (AvgIpc) is 2.05. The first-order valence-electron chi connectivity index (χ1n) is 4.11. The van der Waals surface area contributed by atoms with Crippen molar-refractivity contribution in [2.45, 2.75) is 37.6 Å². The van der Waals surface area contributed by atoms with Gasteiger partial charge in [0, 0.05) is 0 Å². The molecule has 0 spiro atoms. The van der Waals surface area contributed by atoms with Crippen molar-refractivity contribution in [3.05, 3.63) is 0 Å². The first-order chi connectivity index (χ1) is 5.68. The predicted octanol–water partition coefficient (Wildman–Crippen LogP) is 2.02. The van der Waals surface area contributed by atoms with E-state index >= 15 is 0 Å². The Hall–Kier alpha value is -0.270. The first kappa shape index (κ1) is 9.82. The zero-order valence-corrected chi connectivity index (χ0v) is 8.55. The molecule has 0 aromatic rings. The summed E-state index contributed by atoms with van der Waals surface area (Å²) in [5.41, 5.74) is -0.420. The van der Waals surface area contributed by atoms with Crippen LogP contribution in [-0.2, 0) is 0 Å². The van der Waals surface area contributed by atoms with Gasteiger partial charge >= 0.3 is 0 Å². The molecule has 1 aliphatic rings. The lowest BCUT2D eigenvalue weighted by Gasteiger charge is -2.31. The SMILES string of the molecule is N#CC1(NC(=S)S)CCCCC1. The van der Waals surface area contributed by atoms with Crippen molar-refractivity contribution in [2.75, 3.05) is 0 Å². The molecule has 66 valence electrons. The van der Waals surface area contributed by atoms with Gasteiger partial charge in [0.1, 0.15) is 9.86 Å². The molecule has 1 fully saturated rings. The van der Waals surface area contributed by atoms with Crippen LogP contribution in [0.4, 0.5) is 0 Å². The van der Waals surface area contributed by atoms with Crippen LogP contribution in [0.1, 0.15) is 32.1 Å². The van der Waals surface area contributed by atoms with Gasteiger partial charge in [-0.25, -0.2) is 0 Å². The van der Waals surface area contributed by atoms with E-state index in [1.807, 2.05) is 0 Å². The normalized spacial score (nSPS) is 21.0. The number of rotatable bonds is 1. The zero-order valence-electron chi connectivity index (χ0n) is 6.84. The highest BCUT2D eigenvalue weighted by atomic mass is 32.1. The smallest absolute Gasteiger partial charge is 0.131 e. The molecule has 0 amide bonds. The van der Waals surface area contributed by atoms with Crippen LogP contribution in [0.15, 0.2) is 0 Å². The Morgan fingerprint density at radius 1 is 1.42 bits per heavy atom. The number of nitrogens with zero attached hydrogens (tertiary/aromatic N) is 1. The van der Waals surface area contributed by atoms with Crippen molar-refractivity contribution in [3.8, 4) is 6.07 Å². The topological polar surface area (TPSA) is 35.8 Å². The highest BCUT2D eigenvalue weighted by Gasteiger charge is 2.31. The van der Waals surface area contributed by atoms with Gasteiger partial charge < -0.3 is 5.32 Å².